The molecule has 0 bridgehead atoms. The second kappa shape index (κ2) is 8.38. The number of nitrogens with one attached hydrogen (secondary N) is 1. The second-order valence-electron chi connectivity index (χ2n) is 5.18. The van der Waals surface area contributed by atoms with Gasteiger partial charge in [0.25, 0.3) is 0 Å². The summed E-state index contributed by atoms with van der Waals surface area (Å²) >= 11 is 12.1. The third-order valence-corrected chi connectivity index (χ3v) is 4.04. The maximum atomic E-state index is 12.2. The van der Waals surface area contributed by atoms with Gasteiger partial charge in [0, 0.05) is 31.2 Å². The largest absolute Gasteiger partial charge is 0.460 e. The van der Waals surface area contributed by atoms with Crippen LogP contribution >= 0.6 is 23.2 Å². The Morgan fingerprint density at radius 1 is 1.30 bits per heavy atom. The van der Waals surface area contributed by atoms with Crippen molar-refractivity contribution in [1.82, 2.24) is 9.80 Å². The zero-order valence-corrected chi connectivity index (χ0v) is 14.7. The van der Waals surface area contributed by atoms with E-state index in [4.69, 9.17) is 27.9 Å². The number of esters is 1. The van der Waals surface area contributed by atoms with Crippen LogP contribution in [-0.2, 0) is 9.53 Å². The standard InChI is InChI=1S/C15H20Cl2N4O2/c1-3-23-15(22)14(21-8-6-20(2)7-9-21)19-18-13-10-11(16)4-5-12(13)17/h4-5,10,18H,3,6-9H2,1-2H3. The van der Waals surface area contributed by atoms with Crippen molar-refractivity contribution in [1.29, 1.82) is 0 Å². The van der Waals surface area contributed by atoms with Crippen LogP contribution in [0.4, 0.5) is 5.69 Å². The summed E-state index contributed by atoms with van der Waals surface area (Å²) in [6, 6.07) is 5.01. The third-order valence-electron chi connectivity index (χ3n) is 3.47. The highest BCUT2D eigenvalue weighted by atomic mass is 35.5. The third kappa shape index (κ3) is 4.99. The number of anilines is 1. The SMILES string of the molecule is CCOC(=O)C(=NNc1cc(Cl)ccc1Cl)N1CCN(C)CC1. The number of hydrogen-bond acceptors (Lipinski definition) is 5. The first-order valence-electron chi connectivity index (χ1n) is 7.40. The lowest BCUT2D eigenvalue weighted by Crippen LogP contribution is -2.50. The van der Waals surface area contributed by atoms with Crippen molar-refractivity contribution in [3.63, 3.8) is 0 Å². The van der Waals surface area contributed by atoms with Gasteiger partial charge < -0.3 is 14.5 Å². The minimum Gasteiger partial charge on any atom is -0.460 e. The number of halogens is 2. The van der Waals surface area contributed by atoms with Crippen LogP contribution in [0.15, 0.2) is 23.3 Å². The number of nitrogens with zero attached hydrogens (tertiary/aromatic N) is 3. The Morgan fingerprint density at radius 2 is 2.00 bits per heavy atom. The van der Waals surface area contributed by atoms with E-state index in [9.17, 15) is 4.79 Å². The predicted octanol–water partition coefficient (Wildman–Crippen LogP) is 2.53. The van der Waals surface area contributed by atoms with Crippen LogP contribution < -0.4 is 5.43 Å². The molecule has 0 aliphatic carbocycles. The van der Waals surface area contributed by atoms with Crippen LogP contribution in [0.3, 0.4) is 0 Å². The zero-order valence-electron chi connectivity index (χ0n) is 13.2. The number of hydrazone groups is 1. The molecule has 1 aromatic rings. The monoisotopic (exact) mass is 358 g/mol. The van der Waals surface area contributed by atoms with Crippen molar-refractivity contribution in [2.75, 3.05) is 45.3 Å². The quantitative estimate of drug-likeness (QED) is 0.389. The van der Waals surface area contributed by atoms with Crippen molar-refractivity contribution in [2.24, 2.45) is 5.10 Å². The lowest BCUT2D eigenvalue weighted by atomic mass is 10.3. The molecule has 0 saturated carbocycles. The predicted molar refractivity (Wildman–Crippen MR) is 93.2 cm³/mol. The summed E-state index contributed by atoms with van der Waals surface area (Å²) in [6.07, 6.45) is 0. The Morgan fingerprint density at radius 3 is 2.65 bits per heavy atom. The summed E-state index contributed by atoms with van der Waals surface area (Å²) in [5, 5.41) is 5.22. The summed E-state index contributed by atoms with van der Waals surface area (Å²) in [6.45, 7) is 5.19. The second-order valence-corrected chi connectivity index (χ2v) is 6.03. The van der Waals surface area contributed by atoms with Crippen molar-refractivity contribution in [2.45, 2.75) is 6.92 Å². The summed E-state index contributed by atoms with van der Waals surface area (Å²) in [4.78, 5) is 16.3. The Hall–Kier alpha value is -1.50. The van der Waals surface area contributed by atoms with E-state index in [1.807, 2.05) is 11.9 Å². The molecule has 1 N–H and O–H groups in total. The normalized spacial score (nSPS) is 16.3. The van der Waals surface area contributed by atoms with E-state index in [-0.39, 0.29) is 5.84 Å². The van der Waals surface area contributed by atoms with Crippen LogP contribution in [-0.4, -0.2) is 61.4 Å². The molecule has 1 aromatic carbocycles. The van der Waals surface area contributed by atoms with Gasteiger partial charge >= 0.3 is 5.97 Å². The van der Waals surface area contributed by atoms with Crippen LogP contribution in [0.2, 0.25) is 10.0 Å². The maximum Gasteiger partial charge on any atom is 0.375 e. The number of piperazine rings is 1. The van der Waals surface area contributed by atoms with Crippen molar-refractivity contribution in [3.8, 4) is 0 Å². The van der Waals surface area contributed by atoms with Gasteiger partial charge in [-0.1, -0.05) is 23.2 Å². The Balaban J connectivity index is 2.18. The van der Waals surface area contributed by atoms with E-state index in [0.717, 1.165) is 13.1 Å². The molecule has 1 aliphatic rings. The molecular weight excluding hydrogens is 339 g/mol. The summed E-state index contributed by atoms with van der Waals surface area (Å²) in [5.41, 5.74) is 3.35. The Kier molecular flexibility index (Phi) is 6.50. The number of amidine groups is 1. The van der Waals surface area contributed by atoms with E-state index >= 15 is 0 Å². The first-order chi connectivity index (χ1) is 11.0. The average Bonchev–Trinajstić information content (AvgIpc) is 2.52. The van der Waals surface area contributed by atoms with E-state index in [0.29, 0.717) is 35.4 Å². The molecule has 0 radical (unpaired) electrons. The minimum atomic E-state index is -0.456. The van der Waals surface area contributed by atoms with Crippen LogP contribution in [0.1, 0.15) is 6.92 Å². The van der Waals surface area contributed by atoms with Crippen molar-refractivity contribution >= 4 is 40.7 Å². The Bertz CT molecular complexity index is 587. The zero-order chi connectivity index (χ0) is 16.8. The minimum absolute atomic E-state index is 0.246. The molecule has 0 atom stereocenters. The van der Waals surface area contributed by atoms with E-state index < -0.39 is 5.97 Å². The number of benzene rings is 1. The molecule has 0 amide bonds. The first kappa shape index (κ1) is 17.8. The highest BCUT2D eigenvalue weighted by Gasteiger charge is 2.24. The van der Waals surface area contributed by atoms with Gasteiger partial charge in [-0.3, -0.25) is 5.43 Å². The number of carbonyl (C=O) groups is 1. The molecule has 1 aliphatic heterocycles. The average molecular weight is 359 g/mol. The van der Waals surface area contributed by atoms with Crippen LogP contribution in [0.25, 0.3) is 0 Å². The number of hydrogen-bond donors (Lipinski definition) is 1. The number of likely N-dealkylation sites (N-methyl/N-ethyl adjacent to an activating group) is 1. The van der Waals surface area contributed by atoms with Gasteiger partial charge in [0.15, 0.2) is 0 Å². The molecule has 0 aromatic heterocycles. The lowest BCUT2D eigenvalue weighted by molar-refractivity contribution is -0.136. The number of carbonyl (C=O) groups excluding carboxylic acids is 1. The fourth-order valence-corrected chi connectivity index (χ4v) is 2.49. The Labute approximate surface area is 146 Å². The molecule has 6 nitrogen and oxygen atoms in total. The maximum absolute atomic E-state index is 12.2. The topological polar surface area (TPSA) is 57.2 Å². The summed E-state index contributed by atoms with van der Waals surface area (Å²) < 4.78 is 5.10. The van der Waals surface area contributed by atoms with Gasteiger partial charge in [-0.2, -0.15) is 0 Å². The molecule has 8 heteroatoms. The fraction of sp³-hybridized carbons (Fsp3) is 0.467. The van der Waals surface area contributed by atoms with Gasteiger partial charge in [0.2, 0.25) is 5.84 Å². The molecule has 1 saturated heterocycles. The van der Waals surface area contributed by atoms with Crippen LogP contribution in [0, 0.1) is 0 Å². The summed E-state index contributed by atoms with van der Waals surface area (Å²) in [7, 11) is 2.04. The highest BCUT2D eigenvalue weighted by Crippen LogP contribution is 2.25. The highest BCUT2D eigenvalue weighted by molar-refractivity contribution is 6.36. The molecule has 0 spiro atoms. The van der Waals surface area contributed by atoms with Gasteiger partial charge in [0.05, 0.1) is 17.3 Å². The van der Waals surface area contributed by atoms with E-state index in [1.165, 1.54) is 0 Å². The van der Waals surface area contributed by atoms with Gasteiger partial charge in [0.1, 0.15) is 0 Å². The van der Waals surface area contributed by atoms with Gasteiger partial charge in [-0.05, 0) is 32.2 Å². The summed E-state index contributed by atoms with van der Waals surface area (Å²) in [5.74, 6) is -0.210. The van der Waals surface area contributed by atoms with Crippen molar-refractivity contribution in [3.05, 3.63) is 28.2 Å². The molecule has 2 rings (SSSR count). The molecule has 1 heterocycles. The molecule has 0 unspecified atom stereocenters. The smallest absolute Gasteiger partial charge is 0.375 e. The molecule has 126 valence electrons. The van der Waals surface area contributed by atoms with Crippen molar-refractivity contribution < 1.29 is 9.53 Å². The van der Waals surface area contributed by atoms with Gasteiger partial charge in [-0.15, -0.1) is 5.10 Å². The molecular formula is C15H20Cl2N4O2. The molecule has 1 fully saturated rings. The van der Waals surface area contributed by atoms with E-state index in [2.05, 4.69) is 15.4 Å². The number of rotatable bonds is 3. The lowest BCUT2D eigenvalue weighted by Gasteiger charge is -2.33. The van der Waals surface area contributed by atoms with E-state index in [1.54, 1.807) is 25.1 Å². The number of ether oxygens (including phenoxy) is 1. The van der Waals surface area contributed by atoms with Crippen LogP contribution in [0.5, 0.6) is 0 Å². The first-order valence-corrected chi connectivity index (χ1v) is 8.16. The fourth-order valence-electron chi connectivity index (χ4n) is 2.16. The molecule has 23 heavy (non-hydrogen) atoms. The van der Waals surface area contributed by atoms with Gasteiger partial charge in [-0.25, -0.2) is 4.79 Å².